The minimum absolute atomic E-state index is 0.00603. The minimum atomic E-state index is -1.12. The van der Waals surface area contributed by atoms with Gasteiger partial charge in [-0.15, -0.1) is 0 Å². The topological polar surface area (TPSA) is 170 Å². The minimum Gasteiger partial charge on any atom is -0.480 e. The molecule has 0 saturated carbocycles. The maximum absolute atomic E-state index is 14.2. The van der Waals surface area contributed by atoms with E-state index in [1.807, 2.05) is 62.9 Å². The third kappa shape index (κ3) is 10.7. The van der Waals surface area contributed by atoms with Crippen LogP contribution in [0.4, 0.5) is 0 Å². The molecule has 52 heavy (non-hydrogen) atoms. The highest BCUT2D eigenvalue weighted by atomic mass is 16.5. The van der Waals surface area contributed by atoms with Gasteiger partial charge in [-0.1, -0.05) is 71.4 Å². The van der Waals surface area contributed by atoms with Crippen LogP contribution in [0.1, 0.15) is 85.6 Å². The predicted molar refractivity (Wildman–Crippen MR) is 199 cm³/mol. The number of carbonyl (C=O) groups excluding carboxylic acids is 3. The van der Waals surface area contributed by atoms with Crippen LogP contribution in [-0.4, -0.2) is 126 Å². The number of aliphatic carboxylic acids is 1. The van der Waals surface area contributed by atoms with Gasteiger partial charge in [0.15, 0.2) is 0 Å². The number of methoxy groups -OCH3 is 2. The zero-order chi connectivity index (χ0) is 38.7. The third-order valence-corrected chi connectivity index (χ3v) is 11.4. The molecule has 13 heteroatoms. The second-order valence-electron chi connectivity index (χ2n) is 15.4. The van der Waals surface area contributed by atoms with Crippen molar-refractivity contribution in [3.05, 3.63) is 35.9 Å². The molecule has 2 heterocycles. The largest absolute Gasteiger partial charge is 0.480 e. The summed E-state index contributed by atoms with van der Waals surface area (Å²) in [7, 11) is 4.86. The fourth-order valence-electron chi connectivity index (χ4n) is 7.96. The highest BCUT2D eigenvalue weighted by Gasteiger charge is 2.44. The molecule has 294 valence electrons. The highest BCUT2D eigenvalue weighted by molar-refractivity contribution is 5.92. The van der Waals surface area contributed by atoms with E-state index in [-0.39, 0.29) is 42.5 Å². The molecule has 1 aromatic rings. The summed E-state index contributed by atoms with van der Waals surface area (Å²) in [4.78, 5) is 56.7. The number of hydrogen-bond acceptors (Lipinski definition) is 9. The summed E-state index contributed by atoms with van der Waals surface area (Å²) in [5.74, 6) is -2.82. The average Bonchev–Trinajstić information content (AvgIpc) is 3.80. The molecule has 2 aliphatic rings. The van der Waals surface area contributed by atoms with E-state index in [1.54, 1.807) is 26.0 Å². The smallest absolute Gasteiger partial charge is 0.326 e. The molecule has 2 fully saturated rings. The molecule has 0 aliphatic carbocycles. The molecule has 10 atom stereocenters. The Balaban J connectivity index is 1.75. The number of carboxylic acids is 1. The number of likely N-dealkylation sites (tertiary alicyclic amines) is 1. The van der Waals surface area contributed by atoms with Crippen molar-refractivity contribution in [2.24, 2.45) is 17.8 Å². The van der Waals surface area contributed by atoms with Crippen molar-refractivity contribution in [3.63, 3.8) is 0 Å². The summed E-state index contributed by atoms with van der Waals surface area (Å²) in [6, 6.07) is 6.58. The number of rotatable bonds is 20. The fraction of sp³-hybridized carbons (Fsp3) is 0.744. The SMILES string of the molecule is CC[C@H](C)[C@@H]([C@@H](CC(O)N1CCC[C@H]1[C@H](OC)[C@@H](C)C(=O)N[C@@H](Cc1ccccc1)C(=O)O)OC)N(C)C(=O)[C@@H](NC(=O)[C@]1(C)CCCN1)C(C)C. The molecule has 0 spiro atoms. The molecule has 2 saturated heterocycles. The zero-order valence-electron chi connectivity index (χ0n) is 32.8. The van der Waals surface area contributed by atoms with Crippen LogP contribution < -0.4 is 16.0 Å². The van der Waals surface area contributed by atoms with E-state index < -0.39 is 59.9 Å². The van der Waals surface area contributed by atoms with Gasteiger partial charge in [0.1, 0.15) is 18.3 Å². The summed E-state index contributed by atoms with van der Waals surface area (Å²) in [5.41, 5.74) is 0.0820. The molecule has 1 aromatic carbocycles. The van der Waals surface area contributed by atoms with Crippen molar-refractivity contribution in [1.29, 1.82) is 0 Å². The van der Waals surface area contributed by atoms with Crippen molar-refractivity contribution in [3.8, 4) is 0 Å². The number of nitrogens with zero attached hydrogens (tertiary/aromatic N) is 2. The first-order valence-electron chi connectivity index (χ1n) is 19.0. The zero-order valence-corrected chi connectivity index (χ0v) is 32.8. The number of ether oxygens (including phenoxy) is 2. The van der Waals surface area contributed by atoms with Gasteiger partial charge in [-0.25, -0.2) is 4.79 Å². The van der Waals surface area contributed by atoms with E-state index in [0.717, 1.165) is 31.4 Å². The number of carboxylic acid groups (broad SMARTS) is 1. The number of likely N-dealkylation sites (N-methyl/N-ethyl adjacent to an activating group) is 1. The Morgan fingerprint density at radius 3 is 2.27 bits per heavy atom. The number of benzene rings is 1. The van der Waals surface area contributed by atoms with Crippen molar-refractivity contribution >= 4 is 23.7 Å². The summed E-state index contributed by atoms with van der Waals surface area (Å²) in [6.07, 6.45) is 2.00. The normalized spacial score (nSPS) is 23.9. The van der Waals surface area contributed by atoms with E-state index in [0.29, 0.717) is 19.4 Å². The number of aliphatic hydroxyl groups excluding tert-OH is 1. The highest BCUT2D eigenvalue weighted by Crippen LogP contribution is 2.31. The summed E-state index contributed by atoms with van der Waals surface area (Å²) >= 11 is 0. The average molecular weight is 732 g/mol. The molecule has 5 N–H and O–H groups in total. The second-order valence-corrected chi connectivity index (χ2v) is 15.4. The van der Waals surface area contributed by atoms with E-state index in [4.69, 9.17) is 9.47 Å². The molecule has 0 aromatic heterocycles. The standard InChI is InChI=1S/C39H65N5O8/c1-10-25(4)33(43(7)36(47)32(24(2)3)42-38(50)39(6)19-15-20-40-39)30(51-8)23-31(45)44-21-14-18-29(44)34(52-9)26(5)35(46)41-28(37(48)49)22-27-16-12-11-13-17-27/h11-13,16-17,24-26,28-34,40,45H,10,14-15,18-23H2,1-9H3,(H,41,46)(H,42,50)(H,48,49)/t25-,26+,28-,29-,30+,31?,32-,33-,34+,39-/m0/s1. The van der Waals surface area contributed by atoms with Crippen molar-refractivity contribution in [2.45, 2.75) is 135 Å². The number of carbonyl (C=O) groups is 4. The molecule has 2 aliphatic heterocycles. The third-order valence-electron chi connectivity index (χ3n) is 11.4. The van der Waals surface area contributed by atoms with Crippen LogP contribution in [-0.2, 0) is 35.1 Å². The van der Waals surface area contributed by atoms with E-state index in [2.05, 4.69) is 22.9 Å². The molecule has 13 nitrogen and oxygen atoms in total. The molecule has 3 amide bonds. The van der Waals surface area contributed by atoms with Gasteiger partial charge < -0.3 is 40.5 Å². The van der Waals surface area contributed by atoms with Crippen molar-refractivity contribution in [1.82, 2.24) is 25.8 Å². The van der Waals surface area contributed by atoms with Crippen LogP contribution in [0.25, 0.3) is 0 Å². The molecular weight excluding hydrogens is 666 g/mol. The Morgan fingerprint density at radius 1 is 1.06 bits per heavy atom. The Kier molecular flexibility index (Phi) is 16.5. The van der Waals surface area contributed by atoms with Gasteiger partial charge in [-0.05, 0) is 56.6 Å². The molecule has 1 unspecified atom stereocenters. The van der Waals surface area contributed by atoms with Gasteiger partial charge in [0.25, 0.3) is 0 Å². The van der Waals surface area contributed by atoms with Crippen LogP contribution >= 0.6 is 0 Å². The number of hydrogen-bond donors (Lipinski definition) is 5. The first-order valence-corrected chi connectivity index (χ1v) is 19.0. The maximum Gasteiger partial charge on any atom is 0.326 e. The maximum atomic E-state index is 14.2. The van der Waals surface area contributed by atoms with E-state index >= 15 is 0 Å². The van der Waals surface area contributed by atoms with Gasteiger partial charge in [0.05, 0.1) is 29.7 Å². The summed E-state index contributed by atoms with van der Waals surface area (Å²) in [6.45, 7) is 12.9. The lowest BCUT2D eigenvalue weighted by Gasteiger charge is -2.42. The van der Waals surface area contributed by atoms with Crippen LogP contribution in [0.5, 0.6) is 0 Å². The number of nitrogens with one attached hydrogen (secondary N) is 3. The molecular formula is C39H65N5O8. The Bertz CT molecular complexity index is 1310. The summed E-state index contributed by atoms with van der Waals surface area (Å²) < 4.78 is 12.0. The number of aliphatic hydroxyl groups is 1. The van der Waals surface area contributed by atoms with Crippen LogP contribution in [0, 0.1) is 17.8 Å². The number of amides is 3. The first-order chi connectivity index (χ1) is 24.6. The van der Waals surface area contributed by atoms with Crippen molar-refractivity contribution < 1.29 is 38.9 Å². The first kappa shape index (κ1) is 43.3. The second kappa shape index (κ2) is 19.8. The van der Waals surface area contributed by atoms with Crippen LogP contribution in [0.3, 0.4) is 0 Å². The van der Waals surface area contributed by atoms with Gasteiger partial charge in [0.2, 0.25) is 17.7 Å². The molecule has 0 bridgehead atoms. The predicted octanol–water partition coefficient (Wildman–Crippen LogP) is 2.79. The monoisotopic (exact) mass is 731 g/mol. The van der Waals surface area contributed by atoms with Gasteiger partial charge in [0, 0.05) is 46.7 Å². The van der Waals surface area contributed by atoms with Crippen LogP contribution in [0.15, 0.2) is 30.3 Å². The van der Waals surface area contributed by atoms with E-state index in [9.17, 15) is 29.4 Å². The lowest BCUT2D eigenvalue weighted by molar-refractivity contribution is -0.147. The Hall–Kier alpha value is -3.10. The van der Waals surface area contributed by atoms with Gasteiger partial charge in [-0.2, -0.15) is 0 Å². The van der Waals surface area contributed by atoms with Crippen molar-refractivity contribution in [2.75, 3.05) is 34.4 Å². The quantitative estimate of drug-likeness (QED) is 0.135. The Morgan fingerprint density at radius 2 is 1.73 bits per heavy atom. The lowest BCUT2D eigenvalue weighted by atomic mass is 9.89. The fourth-order valence-corrected chi connectivity index (χ4v) is 7.96. The summed E-state index contributed by atoms with van der Waals surface area (Å²) in [5, 5.41) is 30.7. The van der Waals surface area contributed by atoms with Gasteiger partial charge >= 0.3 is 5.97 Å². The van der Waals surface area contributed by atoms with E-state index in [1.165, 1.54) is 7.11 Å². The molecule has 3 rings (SSSR count). The van der Waals surface area contributed by atoms with Crippen LogP contribution in [0.2, 0.25) is 0 Å². The Labute approximate surface area is 310 Å². The lowest BCUT2D eigenvalue weighted by Crippen LogP contribution is -2.61. The van der Waals surface area contributed by atoms with Gasteiger partial charge in [-0.3, -0.25) is 19.3 Å². The molecule has 0 radical (unpaired) electrons.